The van der Waals surface area contributed by atoms with Gasteiger partial charge in [0.25, 0.3) is 0 Å². The van der Waals surface area contributed by atoms with E-state index < -0.39 is 11.7 Å². The number of anilines is 1. The first kappa shape index (κ1) is 19.4. The summed E-state index contributed by atoms with van der Waals surface area (Å²) < 4.78 is 15.8. The van der Waals surface area contributed by atoms with Crippen LogP contribution in [-0.4, -0.2) is 25.9 Å². The smallest absolute Gasteiger partial charge is 0.412 e. The molecule has 0 aliphatic carbocycles. The van der Waals surface area contributed by atoms with E-state index in [2.05, 4.69) is 5.32 Å². The lowest BCUT2D eigenvalue weighted by atomic mass is 10.1. The van der Waals surface area contributed by atoms with Gasteiger partial charge in [-0.15, -0.1) is 0 Å². The van der Waals surface area contributed by atoms with Gasteiger partial charge >= 0.3 is 6.09 Å². The van der Waals surface area contributed by atoms with Crippen molar-refractivity contribution in [2.75, 3.05) is 19.5 Å². The predicted molar refractivity (Wildman–Crippen MR) is 105 cm³/mol. The molecule has 1 N–H and O–H groups in total. The monoisotopic (exact) mass is 355 g/mol. The zero-order valence-electron chi connectivity index (χ0n) is 15.8. The third kappa shape index (κ3) is 6.16. The molecule has 0 aliphatic heterocycles. The van der Waals surface area contributed by atoms with Crippen LogP contribution in [-0.2, 0) is 4.74 Å². The molecule has 0 aromatic heterocycles. The van der Waals surface area contributed by atoms with E-state index in [0.717, 1.165) is 22.6 Å². The Balaban J connectivity index is 2.05. The van der Waals surface area contributed by atoms with Gasteiger partial charge in [-0.05, 0) is 56.2 Å². The maximum atomic E-state index is 11.8. The van der Waals surface area contributed by atoms with E-state index in [-0.39, 0.29) is 0 Å². The van der Waals surface area contributed by atoms with Gasteiger partial charge in [-0.2, -0.15) is 0 Å². The van der Waals surface area contributed by atoms with Crippen molar-refractivity contribution < 1.29 is 19.0 Å². The molecule has 0 saturated heterocycles. The fourth-order valence-electron chi connectivity index (χ4n) is 2.22. The zero-order chi connectivity index (χ0) is 19.2. The van der Waals surface area contributed by atoms with Crippen LogP contribution in [0.25, 0.3) is 12.2 Å². The standard InChI is InChI=1S/C21H25NO4/c1-21(2,3)26-20(23)22-17-10-8-15(9-11-17)6-7-16-12-18(24-4)14-19(13-16)25-5/h6-14H,1-5H3,(H,22,23)/b7-6+. The minimum atomic E-state index is -0.523. The summed E-state index contributed by atoms with van der Waals surface area (Å²) in [6, 6.07) is 13.2. The second-order valence-electron chi connectivity index (χ2n) is 6.73. The number of hydrogen-bond donors (Lipinski definition) is 1. The molecule has 0 atom stereocenters. The molecule has 5 nitrogen and oxygen atoms in total. The Labute approximate surface area is 154 Å². The number of ether oxygens (including phenoxy) is 3. The van der Waals surface area contributed by atoms with Crippen molar-refractivity contribution in [2.45, 2.75) is 26.4 Å². The average Bonchev–Trinajstić information content (AvgIpc) is 2.59. The summed E-state index contributed by atoms with van der Waals surface area (Å²) in [6.07, 6.45) is 3.48. The molecule has 0 fully saturated rings. The van der Waals surface area contributed by atoms with E-state index >= 15 is 0 Å². The molecular weight excluding hydrogens is 330 g/mol. The third-order valence-electron chi connectivity index (χ3n) is 3.40. The van der Waals surface area contributed by atoms with Gasteiger partial charge in [0.2, 0.25) is 0 Å². The minimum absolute atomic E-state index is 0.468. The summed E-state index contributed by atoms with van der Waals surface area (Å²) >= 11 is 0. The fraction of sp³-hybridized carbons (Fsp3) is 0.286. The Morgan fingerprint density at radius 2 is 1.42 bits per heavy atom. The highest BCUT2D eigenvalue weighted by Crippen LogP contribution is 2.24. The molecule has 0 heterocycles. The van der Waals surface area contributed by atoms with Crippen molar-refractivity contribution in [3.63, 3.8) is 0 Å². The molecule has 0 spiro atoms. The molecule has 0 bridgehead atoms. The maximum absolute atomic E-state index is 11.8. The Morgan fingerprint density at radius 3 is 1.92 bits per heavy atom. The van der Waals surface area contributed by atoms with Gasteiger partial charge < -0.3 is 14.2 Å². The van der Waals surface area contributed by atoms with E-state index in [0.29, 0.717) is 5.69 Å². The van der Waals surface area contributed by atoms with Crippen LogP contribution in [0.5, 0.6) is 11.5 Å². The van der Waals surface area contributed by atoms with E-state index in [9.17, 15) is 4.79 Å². The van der Waals surface area contributed by atoms with Crippen LogP contribution < -0.4 is 14.8 Å². The van der Waals surface area contributed by atoms with Crippen molar-refractivity contribution in [3.8, 4) is 11.5 Å². The molecule has 26 heavy (non-hydrogen) atoms. The van der Waals surface area contributed by atoms with E-state index in [4.69, 9.17) is 14.2 Å². The second-order valence-corrected chi connectivity index (χ2v) is 6.73. The number of rotatable bonds is 5. The van der Waals surface area contributed by atoms with Crippen LogP contribution >= 0.6 is 0 Å². The van der Waals surface area contributed by atoms with Gasteiger partial charge in [-0.3, -0.25) is 5.32 Å². The highest BCUT2D eigenvalue weighted by molar-refractivity contribution is 5.85. The number of benzene rings is 2. The molecule has 138 valence electrons. The quantitative estimate of drug-likeness (QED) is 0.747. The SMILES string of the molecule is COc1cc(/C=C/c2ccc(NC(=O)OC(C)(C)C)cc2)cc(OC)c1. The molecule has 2 aromatic carbocycles. The van der Waals surface area contributed by atoms with E-state index in [1.807, 2.05) is 75.4 Å². The highest BCUT2D eigenvalue weighted by Gasteiger charge is 2.15. The summed E-state index contributed by atoms with van der Waals surface area (Å²) in [4.78, 5) is 11.8. The summed E-state index contributed by atoms with van der Waals surface area (Å²) in [7, 11) is 3.25. The minimum Gasteiger partial charge on any atom is -0.497 e. The Hall–Kier alpha value is -2.95. The predicted octanol–water partition coefficient (Wildman–Crippen LogP) is 5.22. The Morgan fingerprint density at radius 1 is 0.885 bits per heavy atom. The summed E-state index contributed by atoms with van der Waals surface area (Å²) in [5.74, 6) is 1.47. The fourth-order valence-corrected chi connectivity index (χ4v) is 2.22. The Kier molecular flexibility index (Phi) is 6.28. The molecule has 0 saturated carbocycles. The largest absolute Gasteiger partial charge is 0.497 e. The number of carbonyl (C=O) groups excluding carboxylic acids is 1. The number of methoxy groups -OCH3 is 2. The van der Waals surface area contributed by atoms with Gasteiger partial charge in [0, 0.05) is 11.8 Å². The number of nitrogens with one attached hydrogen (secondary N) is 1. The van der Waals surface area contributed by atoms with Gasteiger partial charge in [0.05, 0.1) is 14.2 Å². The molecule has 0 unspecified atom stereocenters. The van der Waals surface area contributed by atoms with Gasteiger partial charge in [0.1, 0.15) is 17.1 Å². The summed E-state index contributed by atoms with van der Waals surface area (Å²) in [6.45, 7) is 5.48. The zero-order valence-corrected chi connectivity index (χ0v) is 15.8. The van der Waals surface area contributed by atoms with E-state index in [1.165, 1.54) is 0 Å². The lowest BCUT2D eigenvalue weighted by molar-refractivity contribution is 0.0636. The number of hydrogen-bond acceptors (Lipinski definition) is 4. The van der Waals surface area contributed by atoms with E-state index in [1.54, 1.807) is 14.2 Å². The van der Waals surface area contributed by atoms with Crippen LogP contribution in [0.1, 0.15) is 31.9 Å². The normalized spacial score (nSPS) is 11.3. The number of amides is 1. The first-order valence-electron chi connectivity index (χ1n) is 8.30. The first-order valence-corrected chi connectivity index (χ1v) is 8.30. The molecular formula is C21H25NO4. The van der Waals surface area contributed by atoms with Crippen LogP contribution in [0.3, 0.4) is 0 Å². The molecule has 2 rings (SSSR count). The first-order chi connectivity index (χ1) is 12.3. The topological polar surface area (TPSA) is 56.8 Å². The molecule has 1 amide bonds. The highest BCUT2D eigenvalue weighted by atomic mass is 16.6. The van der Waals surface area contributed by atoms with Gasteiger partial charge in [-0.25, -0.2) is 4.79 Å². The molecule has 0 aliphatic rings. The second kappa shape index (κ2) is 8.43. The lowest BCUT2D eigenvalue weighted by Crippen LogP contribution is -2.27. The number of carbonyl (C=O) groups is 1. The summed E-state index contributed by atoms with van der Waals surface area (Å²) in [5, 5.41) is 2.71. The van der Waals surface area contributed by atoms with Crippen LogP contribution in [0.15, 0.2) is 42.5 Å². The maximum Gasteiger partial charge on any atom is 0.412 e. The van der Waals surface area contributed by atoms with Crippen LogP contribution in [0.4, 0.5) is 10.5 Å². The van der Waals surface area contributed by atoms with Crippen molar-refractivity contribution in [3.05, 3.63) is 53.6 Å². The third-order valence-corrected chi connectivity index (χ3v) is 3.40. The van der Waals surface area contributed by atoms with Crippen molar-refractivity contribution in [1.29, 1.82) is 0 Å². The lowest BCUT2D eigenvalue weighted by Gasteiger charge is -2.19. The van der Waals surface area contributed by atoms with Gasteiger partial charge in [0.15, 0.2) is 0 Å². The van der Waals surface area contributed by atoms with Crippen molar-refractivity contribution >= 4 is 23.9 Å². The summed E-state index contributed by atoms with van der Waals surface area (Å²) in [5.41, 5.74) is 2.13. The van der Waals surface area contributed by atoms with Crippen molar-refractivity contribution in [2.24, 2.45) is 0 Å². The average molecular weight is 355 g/mol. The van der Waals surface area contributed by atoms with Crippen molar-refractivity contribution in [1.82, 2.24) is 0 Å². The molecule has 5 heteroatoms. The van der Waals surface area contributed by atoms with Crippen LogP contribution in [0, 0.1) is 0 Å². The molecule has 0 radical (unpaired) electrons. The molecule has 2 aromatic rings. The van der Waals surface area contributed by atoms with Gasteiger partial charge in [-0.1, -0.05) is 24.3 Å². The Bertz CT molecular complexity index is 751. The van der Waals surface area contributed by atoms with Crippen LogP contribution in [0.2, 0.25) is 0 Å².